The monoisotopic (exact) mass is 323 g/mol. The van der Waals surface area contributed by atoms with Crippen LogP contribution in [0.1, 0.15) is 11.1 Å². The van der Waals surface area contributed by atoms with Crippen molar-refractivity contribution in [3.05, 3.63) is 61.6 Å². The van der Waals surface area contributed by atoms with Crippen LogP contribution in [0.2, 0.25) is 10.0 Å². The predicted molar refractivity (Wildman–Crippen MR) is 81.0 cm³/mol. The highest BCUT2D eigenvalue weighted by atomic mass is 35.5. The lowest BCUT2D eigenvalue weighted by Crippen LogP contribution is -2.02. The molecule has 2 rings (SSSR count). The molecule has 2 aromatic carbocycles. The number of rotatable bonds is 3. The Hall–Kier alpha value is -2.11. The minimum absolute atomic E-state index is 0.132. The van der Waals surface area contributed by atoms with Gasteiger partial charge in [0.25, 0.3) is 5.69 Å². The van der Waals surface area contributed by atoms with Gasteiger partial charge in [0.05, 0.1) is 15.6 Å². The standard InChI is InChI=1S/C14H10Cl2N2O3/c1-8-4-9(14(19)13(5-8)18(20)21)7-17-12-3-2-10(15)6-11(12)16/h2-7,19H,1H3/p-1. The largest absolute Gasteiger partial charge is 0.867 e. The van der Waals surface area contributed by atoms with Gasteiger partial charge in [-0.2, -0.15) is 0 Å². The molecule has 21 heavy (non-hydrogen) atoms. The molecule has 2 aromatic rings. The molecule has 0 unspecified atom stereocenters. The van der Waals surface area contributed by atoms with Crippen molar-refractivity contribution in [3.63, 3.8) is 0 Å². The number of aliphatic imine (C=N–C) groups is 1. The number of halogens is 2. The summed E-state index contributed by atoms with van der Waals surface area (Å²) in [5.74, 6) is -0.681. The van der Waals surface area contributed by atoms with Crippen LogP contribution < -0.4 is 5.11 Å². The van der Waals surface area contributed by atoms with Crippen LogP contribution >= 0.6 is 23.2 Å². The zero-order valence-electron chi connectivity index (χ0n) is 10.8. The molecule has 0 saturated carbocycles. The number of nitro benzene ring substituents is 1. The highest BCUT2D eigenvalue weighted by Crippen LogP contribution is 2.30. The van der Waals surface area contributed by atoms with E-state index in [1.54, 1.807) is 19.1 Å². The second kappa shape index (κ2) is 6.11. The summed E-state index contributed by atoms with van der Waals surface area (Å²) in [4.78, 5) is 14.2. The first kappa shape index (κ1) is 15.3. The van der Waals surface area contributed by atoms with Crippen LogP contribution in [0.4, 0.5) is 11.4 Å². The van der Waals surface area contributed by atoms with E-state index < -0.39 is 16.4 Å². The molecule has 0 aliphatic rings. The summed E-state index contributed by atoms with van der Waals surface area (Å²) in [6.07, 6.45) is 1.26. The minimum atomic E-state index is -0.706. The number of hydrogen-bond donors (Lipinski definition) is 0. The fourth-order valence-electron chi connectivity index (χ4n) is 1.74. The molecular formula is C14H9Cl2N2O3-. The lowest BCUT2D eigenvalue weighted by molar-refractivity contribution is -0.398. The first-order valence-corrected chi connectivity index (χ1v) is 6.59. The van der Waals surface area contributed by atoms with Crippen molar-refractivity contribution in [3.8, 4) is 5.75 Å². The van der Waals surface area contributed by atoms with E-state index in [4.69, 9.17) is 23.2 Å². The van der Waals surface area contributed by atoms with E-state index in [0.29, 0.717) is 21.3 Å². The summed E-state index contributed by atoms with van der Waals surface area (Å²) < 4.78 is 0. The Bertz CT molecular complexity index is 745. The molecule has 0 amide bonds. The first-order valence-electron chi connectivity index (χ1n) is 5.83. The number of benzene rings is 2. The maximum Gasteiger partial charge on any atom is 0.262 e. The van der Waals surface area contributed by atoms with Crippen molar-refractivity contribution in [2.75, 3.05) is 0 Å². The molecule has 0 N–H and O–H groups in total. The van der Waals surface area contributed by atoms with E-state index in [-0.39, 0.29) is 5.56 Å². The Balaban J connectivity index is 2.43. The van der Waals surface area contributed by atoms with E-state index in [1.807, 2.05) is 0 Å². The molecule has 0 fully saturated rings. The summed E-state index contributed by atoms with van der Waals surface area (Å²) in [5.41, 5.74) is 0.681. The quantitative estimate of drug-likeness (QED) is 0.486. The van der Waals surface area contributed by atoms with Crippen LogP contribution in [0, 0.1) is 17.0 Å². The van der Waals surface area contributed by atoms with E-state index in [0.717, 1.165) is 0 Å². The molecular weight excluding hydrogens is 315 g/mol. The molecule has 0 spiro atoms. The third-order valence-corrected chi connectivity index (χ3v) is 3.23. The highest BCUT2D eigenvalue weighted by molar-refractivity contribution is 6.36. The van der Waals surface area contributed by atoms with Gasteiger partial charge >= 0.3 is 0 Å². The smallest absolute Gasteiger partial charge is 0.262 e. The van der Waals surface area contributed by atoms with Crippen molar-refractivity contribution >= 4 is 40.8 Å². The van der Waals surface area contributed by atoms with Crippen molar-refractivity contribution < 1.29 is 10.0 Å². The Morgan fingerprint density at radius 2 is 1.95 bits per heavy atom. The number of nitro groups is 1. The van der Waals surface area contributed by atoms with Gasteiger partial charge in [0.1, 0.15) is 0 Å². The molecule has 0 radical (unpaired) electrons. The fraction of sp³-hybridized carbons (Fsp3) is 0.0714. The lowest BCUT2D eigenvalue weighted by Gasteiger charge is -2.11. The topological polar surface area (TPSA) is 78.6 Å². The van der Waals surface area contributed by atoms with Gasteiger partial charge in [-0.05, 0) is 42.0 Å². The van der Waals surface area contributed by atoms with Crippen molar-refractivity contribution in [1.82, 2.24) is 0 Å². The SMILES string of the molecule is Cc1cc(C=Nc2ccc(Cl)cc2Cl)c([O-])c([N+](=O)[O-])c1. The van der Waals surface area contributed by atoms with E-state index in [9.17, 15) is 15.2 Å². The molecule has 0 bridgehead atoms. The minimum Gasteiger partial charge on any atom is -0.867 e. The Morgan fingerprint density at radius 3 is 2.57 bits per heavy atom. The predicted octanol–water partition coefficient (Wildman–Crippen LogP) is 4.03. The lowest BCUT2D eigenvalue weighted by atomic mass is 10.1. The molecule has 7 heteroatoms. The summed E-state index contributed by atoms with van der Waals surface area (Å²) in [6, 6.07) is 7.48. The molecule has 0 saturated heterocycles. The average Bonchev–Trinajstić information content (AvgIpc) is 2.40. The molecule has 0 aliphatic carbocycles. The van der Waals surface area contributed by atoms with Gasteiger partial charge in [-0.15, -0.1) is 0 Å². The van der Waals surface area contributed by atoms with Crippen LogP contribution in [0.5, 0.6) is 5.75 Å². The second-order valence-corrected chi connectivity index (χ2v) is 5.16. The van der Waals surface area contributed by atoms with Gasteiger partial charge in [-0.3, -0.25) is 15.1 Å². The maximum absolute atomic E-state index is 11.9. The molecule has 108 valence electrons. The molecule has 0 aromatic heterocycles. The van der Waals surface area contributed by atoms with Gasteiger partial charge in [0.15, 0.2) is 0 Å². The van der Waals surface area contributed by atoms with Gasteiger partial charge in [0.2, 0.25) is 0 Å². The van der Waals surface area contributed by atoms with Crippen molar-refractivity contribution in [1.29, 1.82) is 0 Å². The Morgan fingerprint density at radius 1 is 1.24 bits per heavy atom. The number of nitrogens with zero attached hydrogens (tertiary/aromatic N) is 2. The number of hydrogen-bond acceptors (Lipinski definition) is 4. The van der Waals surface area contributed by atoms with Gasteiger partial charge < -0.3 is 5.11 Å². The highest BCUT2D eigenvalue weighted by Gasteiger charge is 2.10. The van der Waals surface area contributed by atoms with Crippen LogP contribution in [-0.2, 0) is 0 Å². The fourth-order valence-corrected chi connectivity index (χ4v) is 2.20. The molecule has 0 heterocycles. The Kier molecular flexibility index (Phi) is 4.45. The zero-order chi connectivity index (χ0) is 15.6. The average molecular weight is 324 g/mol. The summed E-state index contributed by atoms with van der Waals surface area (Å²) in [7, 11) is 0. The van der Waals surface area contributed by atoms with Crippen molar-refractivity contribution in [2.24, 2.45) is 4.99 Å². The summed E-state index contributed by atoms with van der Waals surface area (Å²) in [6.45, 7) is 1.67. The van der Waals surface area contributed by atoms with E-state index in [2.05, 4.69) is 4.99 Å². The molecule has 5 nitrogen and oxygen atoms in total. The third kappa shape index (κ3) is 3.51. The Labute approximate surface area is 130 Å². The third-order valence-electron chi connectivity index (χ3n) is 2.69. The first-order chi connectivity index (χ1) is 9.88. The van der Waals surface area contributed by atoms with E-state index >= 15 is 0 Å². The van der Waals surface area contributed by atoms with Crippen LogP contribution in [0.3, 0.4) is 0 Å². The van der Waals surface area contributed by atoms with Crippen LogP contribution in [-0.4, -0.2) is 11.1 Å². The normalized spacial score (nSPS) is 11.0. The maximum atomic E-state index is 11.9. The van der Waals surface area contributed by atoms with Crippen LogP contribution in [0.25, 0.3) is 0 Å². The van der Waals surface area contributed by atoms with Crippen molar-refractivity contribution in [2.45, 2.75) is 6.92 Å². The second-order valence-electron chi connectivity index (χ2n) is 4.31. The zero-order valence-corrected chi connectivity index (χ0v) is 12.4. The van der Waals surface area contributed by atoms with E-state index in [1.165, 1.54) is 24.4 Å². The number of aryl methyl sites for hydroxylation is 1. The summed E-state index contributed by atoms with van der Waals surface area (Å²) >= 11 is 11.7. The molecule has 0 atom stereocenters. The van der Waals surface area contributed by atoms with Crippen LogP contribution in [0.15, 0.2) is 35.3 Å². The van der Waals surface area contributed by atoms with Gasteiger partial charge in [-0.1, -0.05) is 29.3 Å². The van der Waals surface area contributed by atoms with Gasteiger partial charge in [0, 0.05) is 17.3 Å². The molecule has 0 aliphatic heterocycles. The summed E-state index contributed by atoms with van der Waals surface area (Å²) in [5, 5.41) is 23.5. The van der Waals surface area contributed by atoms with Gasteiger partial charge in [-0.25, -0.2) is 0 Å².